The van der Waals surface area contributed by atoms with Crippen LogP contribution < -0.4 is 10.1 Å². The van der Waals surface area contributed by atoms with Crippen LogP contribution in [0.15, 0.2) is 24.3 Å². The third kappa shape index (κ3) is 4.51. The van der Waals surface area contributed by atoms with Gasteiger partial charge in [0.15, 0.2) is 0 Å². The van der Waals surface area contributed by atoms with Crippen LogP contribution in [0.25, 0.3) is 0 Å². The fraction of sp³-hybridized carbons (Fsp3) is 0.625. The van der Waals surface area contributed by atoms with E-state index in [4.69, 9.17) is 9.47 Å². The Labute approximate surface area is 116 Å². The van der Waals surface area contributed by atoms with Gasteiger partial charge in [-0.3, -0.25) is 0 Å². The number of rotatable bonds is 6. The number of nitrogens with one attached hydrogen (secondary N) is 1. The van der Waals surface area contributed by atoms with Gasteiger partial charge >= 0.3 is 0 Å². The Bertz CT molecular complexity index is 362. The summed E-state index contributed by atoms with van der Waals surface area (Å²) >= 11 is 0. The predicted octanol–water partition coefficient (Wildman–Crippen LogP) is 3.13. The minimum Gasteiger partial charge on any atom is -0.497 e. The Morgan fingerprint density at radius 1 is 1.32 bits per heavy atom. The number of ether oxygens (including phenoxy) is 2. The van der Waals surface area contributed by atoms with Crippen LogP contribution >= 0.6 is 0 Å². The van der Waals surface area contributed by atoms with Crippen molar-refractivity contribution < 1.29 is 9.47 Å². The van der Waals surface area contributed by atoms with Crippen LogP contribution in [0, 0.1) is 0 Å². The summed E-state index contributed by atoms with van der Waals surface area (Å²) in [4.78, 5) is 0. The summed E-state index contributed by atoms with van der Waals surface area (Å²) < 4.78 is 10.9. The molecule has 0 amide bonds. The van der Waals surface area contributed by atoms with E-state index >= 15 is 0 Å². The highest BCUT2D eigenvalue weighted by Gasteiger charge is 2.21. The minimum absolute atomic E-state index is 0.451. The van der Waals surface area contributed by atoms with Gasteiger partial charge < -0.3 is 14.8 Å². The Hall–Kier alpha value is -1.06. The molecule has 19 heavy (non-hydrogen) atoms. The van der Waals surface area contributed by atoms with E-state index in [0.29, 0.717) is 12.1 Å². The molecular formula is C16H25NO2. The molecule has 1 aromatic carbocycles. The standard InChI is InChI=1S/C16H25NO2/c1-3-4-16-11-14(9-10-19-16)17-12-13-5-7-15(18-2)8-6-13/h5-8,14,16-17H,3-4,9-12H2,1-2H3. The van der Waals surface area contributed by atoms with Gasteiger partial charge in [0.2, 0.25) is 0 Å². The van der Waals surface area contributed by atoms with E-state index < -0.39 is 0 Å². The molecule has 2 atom stereocenters. The molecule has 0 saturated carbocycles. The fourth-order valence-electron chi connectivity index (χ4n) is 2.59. The zero-order chi connectivity index (χ0) is 13.5. The van der Waals surface area contributed by atoms with Crippen molar-refractivity contribution in [2.45, 2.75) is 51.3 Å². The summed E-state index contributed by atoms with van der Waals surface area (Å²) in [5.74, 6) is 0.915. The van der Waals surface area contributed by atoms with Crippen molar-refractivity contribution in [3.8, 4) is 5.75 Å². The summed E-state index contributed by atoms with van der Waals surface area (Å²) in [5.41, 5.74) is 1.30. The molecule has 106 valence electrons. The quantitative estimate of drug-likeness (QED) is 0.855. The van der Waals surface area contributed by atoms with Crippen LogP contribution in [0.5, 0.6) is 5.75 Å². The second kappa shape index (κ2) is 7.51. The van der Waals surface area contributed by atoms with E-state index in [2.05, 4.69) is 24.4 Å². The van der Waals surface area contributed by atoms with Gasteiger partial charge in [0.25, 0.3) is 0 Å². The van der Waals surface area contributed by atoms with Crippen molar-refractivity contribution in [3.63, 3.8) is 0 Å². The normalized spacial score (nSPS) is 23.3. The third-order valence-electron chi connectivity index (χ3n) is 3.73. The number of hydrogen-bond donors (Lipinski definition) is 1. The van der Waals surface area contributed by atoms with Crippen LogP contribution in [0.2, 0.25) is 0 Å². The van der Waals surface area contributed by atoms with E-state index in [1.54, 1.807) is 7.11 Å². The largest absolute Gasteiger partial charge is 0.497 e. The number of methoxy groups -OCH3 is 1. The summed E-state index contributed by atoms with van der Waals surface area (Å²) in [6.45, 7) is 4.04. The highest BCUT2D eigenvalue weighted by molar-refractivity contribution is 5.27. The van der Waals surface area contributed by atoms with Gasteiger partial charge in [-0.1, -0.05) is 25.5 Å². The summed E-state index contributed by atoms with van der Waals surface area (Å²) in [6.07, 6.45) is 5.10. The van der Waals surface area contributed by atoms with Crippen molar-refractivity contribution in [2.75, 3.05) is 13.7 Å². The van der Waals surface area contributed by atoms with E-state index in [0.717, 1.165) is 31.7 Å². The molecule has 1 N–H and O–H groups in total. The van der Waals surface area contributed by atoms with Crippen LogP contribution in [0.4, 0.5) is 0 Å². The monoisotopic (exact) mass is 263 g/mol. The maximum Gasteiger partial charge on any atom is 0.118 e. The molecule has 1 heterocycles. The number of hydrogen-bond acceptors (Lipinski definition) is 3. The SMILES string of the molecule is CCCC1CC(NCc2ccc(OC)cc2)CCO1. The fourth-order valence-corrected chi connectivity index (χ4v) is 2.59. The van der Waals surface area contributed by atoms with Gasteiger partial charge in [0.1, 0.15) is 5.75 Å². The zero-order valence-corrected chi connectivity index (χ0v) is 12.0. The van der Waals surface area contributed by atoms with Crippen molar-refractivity contribution >= 4 is 0 Å². The lowest BCUT2D eigenvalue weighted by atomic mass is 10.00. The van der Waals surface area contributed by atoms with Gasteiger partial charge in [0.05, 0.1) is 13.2 Å². The maximum atomic E-state index is 5.77. The molecule has 0 radical (unpaired) electrons. The molecule has 0 aromatic heterocycles. The predicted molar refractivity (Wildman–Crippen MR) is 77.5 cm³/mol. The molecule has 0 bridgehead atoms. The van der Waals surface area contributed by atoms with Crippen LogP contribution in [0.3, 0.4) is 0 Å². The van der Waals surface area contributed by atoms with Crippen LogP contribution in [-0.4, -0.2) is 25.9 Å². The first-order chi connectivity index (χ1) is 9.31. The molecule has 1 aromatic rings. The van der Waals surface area contributed by atoms with E-state index in [1.165, 1.54) is 18.4 Å². The molecular weight excluding hydrogens is 238 g/mol. The van der Waals surface area contributed by atoms with Gasteiger partial charge in [-0.05, 0) is 37.0 Å². The van der Waals surface area contributed by atoms with Crippen molar-refractivity contribution in [3.05, 3.63) is 29.8 Å². The first-order valence-electron chi connectivity index (χ1n) is 7.29. The second-order valence-electron chi connectivity index (χ2n) is 5.23. The van der Waals surface area contributed by atoms with E-state index in [-0.39, 0.29) is 0 Å². The van der Waals surface area contributed by atoms with E-state index in [9.17, 15) is 0 Å². The summed E-state index contributed by atoms with van der Waals surface area (Å²) in [6, 6.07) is 8.86. The average molecular weight is 263 g/mol. The average Bonchev–Trinajstić information content (AvgIpc) is 2.46. The van der Waals surface area contributed by atoms with Crippen LogP contribution in [-0.2, 0) is 11.3 Å². The topological polar surface area (TPSA) is 30.5 Å². The van der Waals surface area contributed by atoms with Crippen molar-refractivity contribution in [1.29, 1.82) is 0 Å². The minimum atomic E-state index is 0.451. The second-order valence-corrected chi connectivity index (χ2v) is 5.23. The van der Waals surface area contributed by atoms with Crippen molar-refractivity contribution in [1.82, 2.24) is 5.32 Å². The summed E-state index contributed by atoms with van der Waals surface area (Å²) in [7, 11) is 1.70. The molecule has 0 aliphatic carbocycles. The van der Waals surface area contributed by atoms with Gasteiger partial charge in [-0.15, -0.1) is 0 Å². The van der Waals surface area contributed by atoms with Gasteiger partial charge in [0, 0.05) is 19.2 Å². The number of benzene rings is 1. The molecule has 3 nitrogen and oxygen atoms in total. The zero-order valence-electron chi connectivity index (χ0n) is 12.0. The van der Waals surface area contributed by atoms with E-state index in [1.807, 2.05) is 12.1 Å². The molecule has 1 aliphatic rings. The van der Waals surface area contributed by atoms with Gasteiger partial charge in [-0.25, -0.2) is 0 Å². The molecule has 1 fully saturated rings. The highest BCUT2D eigenvalue weighted by Crippen LogP contribution is 2.18. The van der Waals surface area contributed by atoms with Crippen molar-refractivity contribution in [2.24, 2.45) is 0 Å². The molecule has 2 rings (SSSR count). The Kier molecular flexibility index (Phi) is 5.67. The lowest BCUT2D eigenvalue weighted by molar-refractivity contribution is -0.00342. The lowest BCUT2D eigenvalue weighted by Gasteiger charge is -2.30. The highest BCUT2D eigenvalue weighted by atomic mass is 16.5. The lowest BCUT2D eigenvalue weighted by Crippen LogP contribution is -2.38. The maximum absolute atomic E-state index is 5.77. The summed E-state index contributed by atoms with van der Waals surface area (Å²) in [5, 5.41) is 3.64. The molecule has 1 saturated heterocycles. The molecule has 2 unspecified atom stereocenters. The third-order valence-corrected chi connectivity index (χ3v) is 3.73. The first kappa shape index (κ1) is 14.4. The molecule has 0 spiro atoms. The first-order valence-corrected chi connectivity index (χ1v) is 7.29. The molecule has 3 heteroatoms. The van der Waals surface area contributed by atoms with Gasteiger partial charge in [-0.2, -0.15) is 0 Å². The smallest absolute Gasteiger partial charge is 0.118 e. The van der Waals surface area contributed by atoms with Crippen LogP contribution in [0.1, 0.15) is 38.2 Å². The Morgan fingerprint density at radius 2 is 2.11 bits per heavy atom. The molecule has 1 aliphatic heterocycles. The Balaban J connectivity index is 1.77. The Morgan fingerprint density at radius 3 is 2.79 bits per heavy atom.